The van der Waals surface area contributed by atoms with Crippen molar-refractivity contribution in [3.05, 3.63) is 35.2 Å². The van der Waals surface area contributed by atoms with E-state index in [4.69, 9.17) is 0 Å². The molecule has 114 valence electrons. The van der Waals surface area contributed by atoms with Crippen LogP contribution in [0, 0.1) is 0 Å². The summed E-state index contributed by atoms with van der Waals surface area (Å²) in [6, 6.07) is 9.99. The molecule has 0 spiro atoms. The van der Waals surface area contributed by atoms with Crippen LogP contribution in [-0.4, -0.2) is 35.3 Å². The maximum Gasteiger partial charge on any atom is 0.264 e. The predicted molar refractivity (Wildman–Crippen MR) is 87.0 cm³/mol. The van der Waals surface area contributed by atoms with Crippen LogP contribution in [0.2, 0.25) is 0 Å². The van der Waals surface area contributed by atoms with Crippen LogP contribution < -0.4 is 5.32 Å². The van der Waals surface area contributed by atoms with E-state index in [1.165, 1.54) is 11.3 Å². The Morgan fingerprint density at radius 2 is 2.00 bits per heavy atom. The Hall–Kier alpha value is -1.88. The van der Waals surface area contributed by atoms with Crippen molar-refractivity contribution in [3.8, 4) is 0 Å². The molecule has 1 saturated carbocycles. The van der Waals surface area contributed by atoms with Gasteiger partial charge in [-0.05, 0) is 43.2 Å². The summed E-state index contributed by atoms with van der Waals surface area (Å²) in [6.07, 6.45) is 3.82. The monoisotopic (exact) mass is 314 g/mol. The number of carbonyl (C=O) groups excluding carboxylic acids is 2. The fourth-order valence-corrected chi connectivity index (χ4v) is 4.06. The van der Waals surface area contributed by atoms with Crippen LogP contribution in [0.15, 0.2) is 30.3 Å². The molecule has 1 atom stereocenters. The first kappa shape index (κ1) is 13.8. The lowest BCUT2D eigenvalue weighted by molar-refractivity contribution is -0.125. The largest absolute Gasteiger partial charge is 0.352 e. The summed E-state index contributed by atoms with van der Waals surface area (Å²) in [4.78, 5) is 27.6. The van der Waals surface area contributed by atoms with Gasteiger partial charge >= 0.3 is 0 Å². The average molecular weight is 314 g/mol. The molecule has 5 heteroatoms. The van der Waals surface area contributed by atoms with Crippen molar-refractivity contribution in [1.29, 1.82) is 0 Å². The van der Waals surface area contributed by atoms with E-state index in [1.807, 2.05) is 30.3 Å². The Morgan fingerprint density at radius 1 is 1.18 bits per heavy atom. The van der Waals surface area contributed by atoms with Gasteiger partial charge in [-0.25, -0.2) is 0 Å². The number of benzene rings is 1. The first-order valence-electron chi connectivity index (χ1n) is 7.82. The van der Waals surface area contributed by atoms with Crippen LogP contribution in [0.25, 0.3) is 10.1 Å². The molecule has 1 N–H and O–H groups in total. The third kappa shape index (κ3) is 2.50. The van der Waals surface area contributed by atoms with Gasteiger partial charge in [0.15, 0.2) is 0 Å². The second kappa shape index (κ2) is 5.39. The molecular weight excluding hydrogens is 296 g/mol. The third-order valence-electron chi connectivity index (χ3n) is 4.38. The molecule has 2 aromatic rings. The predicted octanol–water partition coefficient (Wildman–Crippen LogP) is 2.78. The van der Waals surface area contributed by atoms with E-state index in [9.17, 15) is 9.59 Å². The number of nitrogens with zero attached hydrogens (tertiary/aromatic N) is 1. The molecule has 4 rings (SSSR count). The first-order valence-corrected chi connectivity index (χ1v) is 8.64. The Balaban J connectivity index is 1.56. The van der Waals surface area contributed by atoms with Gasteiger partial charge in [0.05, 0.1) is 4.88 Å². The topological polar surface area (TPSA) is 49.4 Å². The Morgan fingerprint density at radius 3 is 2.77 bits per heavy atom. The van der Waals surface area contributed by atoms with Crippen LogP contribution in [0.3, 0.4) is 0 Å². The minimum atomic E-state index is -0.293. The van der Waals surface area contributed by atoms with Gasteiger partial charge in [-0.15, -0.1) is 11.3 Å². The number of fused-ring (bicyclic) bond motifs is 1. The van der Waals surface area contributed by atoms with Crippen LogP contribution in [0.1, 0.15) is 35.4 Å². The highest BCUT2D eigenvalue weighted by atomic mass is 32.1. The molecule has 1 saturated heterocycles. The van der Waals surface area contributed by atoms with E-state index in [2.05, 4.69) is 5.32 Å². The molecule has 2 fully saturated rings. The smallest absolute Gasteiger partial charge is 0.264 e. The van der Waals surface area contributed by atoms with Crippen molar-refractivity contribution in [1.82, 2.24) is 10.2 Å². The molecule has 4 nitrogen and oxygen atoms in total. The van der Waals surface area contributed by atoms with E-state index in [0.717, 1.165) is 40.6 Å². The molecule has 0 bridgehead atoms. The maximum absolute atomic E-state index is 12.8. The second-order valence-corrected chi connectivity index (χ2v) is 7.17. The molecule has 0 radical (unpaired) electrons. The van der Waals surface area contributed by atoms with Crippen molar-refractivity contribution in [2.24, 2.45) is 0 Å². The van der Waals surface area contributed by atoms with Crippen LogP contribution in [0.5, 0.6) is 0 Å². The van der Waals surface area contributed by atoms with Gasteiger partial charge in [0, 0.05) is 17.3 Å². The summed E-state index contributed by atoms with van der Waals surface area (Å²) in [5.74, 6) is 0.0177. The Bertz CT molecular complexity index is 702. The minimum Gasteiger partial charge on any atom is -0.352 e. The van der Waals surface area contributed by atoms with Crippen molar-refractivity contribution in [2.75, 3.05) is 6.54 Å². The molecule has 1 aliphatic heterocycles. The number of carbonyl (C=O) groups is 2. The van der Waals surface area contributed by atoms with E-state index in [1.54, 1.807) is 4.90 Å². The fraction of sp³-hybridized carbons (Fsp3) is 0.412. The van der Waals surface area contributed by atoms with Crippen molar-refractivity contribution < 1.29 is 9.59 Å². The SMILES string of the molecule is O=C(NC1CC1)C1CCCN1C(=O)c1cc2ccccc2s1. The standard InChI is InChI=1S/C17H18N2O2S/c20-16(18-12-7-8-12)13-5-3-9-19(13)17(21)15-10-11-4-1-2-6-14(11)22-15/h1-2,4,6,10,12-13H,3,5,7-9H2,(H,18,20). The fourth-order valence-electron chi connectivity index (χ4n) is 3.04. The summed E-state index contributed by atoms with van der Waals surface area (Å²) < 4.78 is 1.11. The summed E-state index contributed by atoms with van der Waals surface area (Å²) in [6.45, 7) is 0.676. The average Bonchev–Trinajstić information content (AvgIpc) is 3.07. The van der Waals surface area contributed by atoms with Crippen molar-refractivity contribution in [2.45, 2.75) is 37.8 Å². The molecule has 1 aliphatic carbocycles. The Kier molecular flexibility index (Phi) is 3.37. The lowest BCUT2D eigenvalue weighted by atomic mass is 10.2. The van der Waals surface area contributed by atoms with E-state index in [-0.39, 0.29) is 17.9 Å². The summed E-state index contributed by atoms with van der Waals surface area (Å²) in [7, 11) is 0. The lowest BCUT2D eigenvalue weighted by Gasteiger charge is -2.23. The summed E-state index contributed by atoms with van der Waals surface area (Å²) in [5, 5.41) is 4.12. The molecule has 2 heterocycles. The molecule has 1 aromatic carbocycles. The number of thiophene rings is 1. The number of likely N-dealkylation sites (tertiary alicyclic amines) is 1. The third-order valence-corrected chi connectivity index (χ3v) is 5.48. The first-order chi connectivity index (χ1) is 10.7. The van der Waals surface area contributed by atoms with Crippen LogP contribution in [-0.2, 0) is 4.79 Å². The van der Waals surface area contributed by atoms with Crippen molar-refractivity contribution >= 4 is 33.2 Å². The van der Waals surface area contributed by atoms with Gasteiger partial charge in [-0.2, -0.15) is 0 Å². The molecule has 2 amide bonds. The second-order valence-electron chi connectivity index (χ2n) is 6.09. The van der Waals surface area contributed by atoms with Crippen molar-refractivity contribution in [3.63, 3.8) is 0 Å². The zero-order valence-electron chi connectivity index (χ0n) is 12.2. The number of rotatable bonds is 3. The maximum atomic E-state index is 12.8. The highest BCUT2D eigenvalue weighted by Crippen LogP contribution is 2.29. The molecular formula is C17H18N2O2S. The molecule has 1 aromatic heterocycles. The quantitative estimate of drug-likeness (QED) is 0.947. The van der Waals surface area contributed by atoms with Gasteiger partial charge in [0.2, 0.25) is 5.91 Å². The number of amides is 2. The summed E-state index contributed by atoms with van der Waals surface area (Å²) >= 11 is 1.51. The van der Waals surface area contributed by atoms with Crippen LogP contribution in [0.4, 0.5) is 0 Å². The zero-order valence-corrected chi connectivity index (χ0v) is 13.1. The highest BCUT2D eigenvalue weighted by Gasteiger charge is 2.37. The minimum absolute atomic E-state index is 0.00496. The number of hydrogen-bond acceptors (Lipinski definition) is 3. The van der Waals surface area contributed by atoms with Gasteiger partial charge in [-0.1, -0.05) is 18.2 Å². The summed E-state index contributed by atoms with van der Waals surface area (Å²) in [5.41, 5.74) is 0. The molecule has 22 heavy (non-hydrogen) atoms. The number of hydrogen-bond donors (Lipinski definition) is 1. The lowest BCUT2D eigenvalue weighted by Crippen LogP contribution is -2.46. The van der Waals surface area contributed by atoms with Gasteiger partial charge < -0.3 is 10.2 Å². The molecule has 1 unspecified atom stereocenters. The van der Waals surface area contributed by atoms with Gasteiger partial charge in [0.25, 0.3) is 5.91 Å². The van der Waals surface area contributed by atoms with E-state index < -0.39 is 0 Å². The van der Waals surface area contributed by atoms with E-state index >= 15 is 0 Å². The Labute approximate surface area is 133 Å². The highest BCUT2D eigenvalue weighted by molar-refractivity contribution is 7.20. The van der Waals surface area contributed by atoms with Gasteiger partial charge in [0.1, 0.15) is 6.04 Å². The van der Waals surface area contributed by atoms with E-state index in [0.29, 0.717) is 12.6 Å². The zero-order chi connectivity index (χ0) is 15.1. The number of nitrogens with one attached hydrogen (secondary N) is 1. The molecule has 2 aliphatic rings. The van der Waals surface area contributed by atoms with Crippen LogP contribution >= 0.6 is 11.3 Å². The normalized spacial score (nSPS) is 21.3. The van der Waals surface area contributed by atoms with Gasteiger partial charge in [-0.3, -0.25) is 9.59 Å².